The van der Waals surface area contributed by atoms with Crippen molar-refractivity contribution < 1.29 is 0 Å². The lowest BCUT2D eigenvalue weighted by Crippen LogP contribution is -2.27. The van der Waals surface area contributed by atoms with E-state index in [9.17, 15) is 0 Å². The van der Waals surface area contributed by atoms with Crippen molar-refractivity contribution in [3.63, 3.8) is 0 Å². The van der Waals surface area contributed by atoms with Crippen molar-refractivity contribution >= 4 is 22.9 Å². The van der Waals surface area contributed by atoms with E-state index in [4.69, 9.17) is 18.0 Å². The Labute approximate surface area is 115 Å². The first kappa shape index (κ1) is 13.3. The summed E-state index contributed by atoms with van der Waals surface area (Å²) < 4.78 is 0. The van der Waals surface area contributed by atoms with Crippen LogP contribution in [0.5, 0.6) is 0 Å². The zero-order valence-corrected chi connectivity index (χ0v) is 12.1. The predicted molar refractivity (Wildman–Crippen MR) is 82.3 cm³/mol. The molecule has 0 aromatic heterocycles. The topological polar surface area (TPSA) is 29.3 Å². The first-order valence-electron chi connectivity index (χ1n) is 6.80. The highest BCUT2D eigenvalue weighted by Crippen LogP contribution is 2.32. The van der Waals surface area contributed by atoms with Gasteiger partial charge in [0.15, 0.2) is 0 Å². The fraction of sp³-hybridized carbons (Fsp3) is 0.533. The maximum Gasteiger partial charge on any atom is 0.104 e. The summed E-state index contributed by atoms with van der Waals surface area (Å²) in [6.45, 7) is 5.49. The average molecular weight is 262 g/mol. The second kappa shape index (κ2) is 5.70. The first-order valence-corrected chi connectivity index (χ1v) is 7.21. The van der Waals surface area contributed by atoms with Crippen LogP contribution in [0, 0.1) is 6.92 Å². The number of unbranched alkanes of at least 4 members (excludes halogenated alkanes) is 1. The zero-order valence-electron chi connectivity index (χ0n) is 11.3. The van der Waals surface area contributed by atoms with E-state index in [-0.39, 0.29) is 0 Å². The Kier molecular flexibility index (Phi) is 4.23. The monoisotopic (exact) mass is 262 g/mol. The van der Waals surface area contributed by atoms with E-state index in [0.717, 1.165) is 18.2 Å². The zero-order chi connectivity index (χ0) is 13.1. The minimum absolute atomic E-state index is 0.491. The van der Waals surface area contributed by atoms with E-state index in [2.05, 4.69) is 36.9 Å². The number of nitrogens with two attached hydrogens (primary N) is 1. The van der Waals surface area contributed by atoms with Gasteiger partial charge in [0.05, 0.1) is 0 Å². The Bertz CT molecular complexity index is 438. The summed E-state index contributed by atoms with van der Waals surface area (Å²) in [6.07, 6.45) is 5.17. The van der Waals surface area contributed by atoms with Crippen LogP contribution in [-0.2, 0) is 0 Å². The van der Waals surface area contributed by atoms with Gasteiger partial charge >= 0.3 is 0 Å². The van der Waals surface area contributed by atoms with Crippen LogP contribution in [0.4, 0.5) is 5.69 Å². The lowest BCUT2D eigenvalue weighted by molar-refractivity contribution is 0.713. The third-order valence-electron chi connectivity index (χ3n) is 3.55. The second-order valence-electron chi connectivity index (χ2n) is 5.14. The van der Waals surface area contributed by atoms with Crippen molar-refractivity contribution in [2.75, 3.05) is 11.4 Å². The molecule has 1 fully saturated rings. The Morgan fingerprint density at radius 3 is 2.67 bits per heavy atom. The van der Waals surface area contributed by atoms with Crippen molar-refractivity contribution in [3.05, 3.63) is 29.3 Å². The van der Waals surface area contributed by atoms with E-state index >= 15 is 0 Å². The van der Waals surface area contributed by atoms with Crippen molar-refractivity contribution in [1.29, 1.82) is 0 Å². The van der Waals surface area contributed by atoms with Gasteiger partial charge < -0.3 is 10.6 Å². The molecule has 0 unspecified atom stereocenters. The Balaban J connectivity index is 2.19. The molecule has 1 aliphatic rings. The highest BCUT2D eigenvalue weighted by molar-refractivity contribution is 7.80. The molecule has 1 aromatic rings. The van der Waals surface area contributed by atoms with Gasteiger partial charge in [-0.05, 0) is 49.9 Å². The lowest BCUT2D eigenvalue weighted by Gasteiger charge is -2.25. The van der Waals surface area contributed by atoms with E-state index in [1.54, 1.807) is 0 Å². The molecule has 0 bridgehead atoms. The van der Waals surface area contributed by atoms with Crippen LogP contribution in [-0.4, -0.2) is 17.6 Å². The number of thiocarbonyl (C=S) groups is 1. The van der Waals surface area contributed by atoms with Crippen LogP contribution >= 0.6 is 12.2 Å². The van der Waals surface area contributed by atoms with Crippen LogP contribution in [0.3, 0.4) is 0 Å². The molecule has 0 spiro atoms. The van der Waals surface area contributed by atoms with Crippen molar-refractivity contribution in [1.82, 2.24) is 0 Å². The standard InChI is InChI=1S/C15H22N2S/c1-3-4-9-17(12-5-6-12)13-7-8-14(15(16)18)11(2)10-13/h7-8,10,12H,3-6,9H2,1-2H3,(H2,16,18). The van der Waals surface area contributed by atoms with Crippen LogP contribution in [0.2, 0.25) is 0 Å². The molecule has 0 aliphatic heterocycles. The van der Waals surface area contributed by atoms with Gasteiger partial charge in [0.25, 0.3) is 0 Å². The second-order valence-corrected chi connectivity index (χ2v) is 5.58. The van der Waals surface area contributed by atoms with E-state index in [1.165, 1.54) is 36.9 Å². The van der Waals surface area contributed by atoms with Crippen molar-refractivity contribution in [2.24, 2.45) is 5.73 Å². The van der Waals surface area contributed by atoms with Gasteiger partial charge in [-0.1, -0.05) is 25.6 Å². The van der Waals surface area contributed by atoms with Crippen LogP contribution < -0.4 is 10.6 Å². The SMILES string of the molecule is CCCCN(c1ccc(C(N)=S)c(C)c1)C1CC1. The van der Waals surface area contributed by atoms with E-state index in [0.29, 0.717) is 4.99 Å². The van der Waals surface area contributed by atoms with Crippen molar-refractivity contribution in [3.8, 4) is 0 Å². The fourth-order valence-corrected chi connectivity index (χ4v) is 2.57. The summed E-state index contributed by atoms with van der Waals surface area (Å²) in [5, 5.41) is 0. The number of nitrogens with zero attached hydrogens (tertiary/aromatic N) is 1. The van der Waals surface area contributed by atoms with Crippen LogP contribution in [0.15, 0.2) is 18.2 Å². The van der Waals surface area contributed by atoms with E-state index < -0.39 is 0 Å². The van der Waals surface area contributed by atoms with Gasteiger partial charge in [0.2, 0.25) is 0 Å². The fourth-order valence-electron chi connectivity index (χ4n) is 2.34. The van der Waals surface area contributed by atoms with Crippen LogP contribution in [0.25, 0.3) is 0 Å². The summed E-state index contributed by atoms with van der Waals surface area (Å²) in [7, 11) is 0. The summed E-state index contributed by atoms with van der Waals surface area (Å²) >= 11 is 5.06. The summed E-state index contributed by atoms with van der Waals surface area (Å²) in [4.78, 5) is 3.03. The molecule has 0 radical (unpaired) electrons. The summed E-state index contributed by atoms with van der Waals surface area (Å²) in [6, 6.07) is 7.21. The van der Waals surface area contributed by atoms with Gasteiger partial charge in [-0.3, -0.25) is 0 Å². The number of rotatable bonds is 6. The molecular weight excluding hydrogens is 240 g/mol. The molecule has 1 aliphatic carbocycles. The van der Waals surface area contributed by atoms with Gasteiger partial charge in [-0.2, -0.15) is 0 Å². The molecule has 18 heavy (non-hydrogen) atoms. The molecule has 0 atom stereocenters. The quantitative estimate of drug-likeness (QED) is 0.797. The lowest BCUT2D eigenvalue weighted by atomic mass is 10.1. The van der Waals surface area contributed by atoms with Gasteiger partial charge in [-0.15, -0.1) is 0 Å². The molecule has 1 aromatic carbocycles. The van der Waals surface area contributed by atoms with Crippen molar-refractivity contribution in [2.45, 2.75) is 45.6 Å². The average Bonchev–Trinajstić information content (AvgIpc) is 3.13. The predicted octanol–water partition coefficient (Wildman–Crippen LogP) is 3.40. The Morgan fingerprint density at radius 1 is 1.44 bits per heavy atom. The molecular formula is C15H22N2S. The summed E-state index contributed by atoms with van der Waals surface area (Å²) in [5.41, 5.74) is 9.22. The third kappa shape index (κ3) is 3.02. The largest absolute Gasteiger partial charge is 0.389 e. The van der Waals surface area contributed by atoms with Gasteiger partial charge in [0, 0.05) is 23.8 Å². The molecule has 2 N–H and O–H groups in total. The smallest absolute Gasteiger partial charge is 0.104 e. The van der Waals surface area contributed by atoms with E-state index in [1.807, 2.05) is 0 Å². The number of aryl methyl sites for hydroxylation is 1. The first-order chi connectivity index (χ1) is 8.63. The summed E-state index contributed by atoms with van der Waals surface area (Å²) in [5.74, 6) is 0. The number of hydrogen-bond acceptors (Lipinski definition) is 2. The number of benzene rings is 1. The molecule has 0 saturated heterocycles. The van der Waals surface area contributed by atoms with Crippen LogP contribution in [0.1, 0.15) is 43.7 Å². The Morgan fingerprint density at radius 2 is 2.17 bits per heavy atom. The molecule has 0 amide bonds. The maximum atomic E-state index is 5.71. The number of anilines is 1. The highest BCUT2D eigenvalue weighted by atomic mass is 32.1. The minimum Gasteiger partial charge on any atom is -0.389 e. The third-order valence-corrected chi connectivity index (χ3v) is 3.77. The highest BCUT2D eigenvalue weighted by Gasteiger charge is 2.28. The minimum atomic E-state index is 0.491. The maximum absolute atomic E-state index is 5.71. The molecule has 1 saturated carbocycles. The molecule has 2 rings (SSSR count). The molecule has 0 heterocycles. The van der Waals surface area contributed by atoms with Gasteiger partial charge in [-0.25, -0.2) is 0 Å². The number of hydrogen-bond donors (Lipinski definition) is 1. The molecule has 3 heteroatoms. The Hall–Kier alpha value is -1.09. The molecule has 2 nitrogen and oxygen atoms in total. The normalized spacial score (nSPS) is 14.6. The van der Waals surface area contributed by atoms with Gasteiger partial charge in [0.1, 0.15) is 4.99 Å². The molecule has 98 valence electrons.